The number of hydrogen-bond donors (Lipinski definition) is 1. The maximum Gasteiger partial charge on any atom is 0.194 e. The van der Waals surface area contributed by atoms with Gasteiger partial charge in [-0.2, -0.15) is 0 Å². The Hall–Kier alpha value is 0.540. The average Bonchev–Trinajstić information content (AvgIpc) is 2.21. The highest BCUT2D eigenvalue weighted by Crippen LogP contribution is 2.52. The SMILES string of the molecule is CC(C)(C)Oc1c(Br)c(O)c(OBr)c(Br)c1Br. The van der Waals surface area contributed by atoms with Crippen LogP contribution in [0.5, 0.6) is 17.2 Å². The fraction of sp³-hybridized carbons (Fsp3) is 0.400. The summed E-state index contributed by atoms with van der Waals surface area (Å²) in [6.07, 6.45) is 0. The molecule has 0 aliphatic carbocycles. The van der Waals surface area contributed by atoms with Crippen molar-refractivity contribution in [1.29, 1.82) is 0 Å². The van der Waals surface area contributed by atoms with Crippen molar-refractivity contribution >= 4 is 64.0 Å². The summed E-state index contributed by atoms with van der Waals surface area (Å²) in [5.41, 5.74) is -0.381. The fourth-order valence-electron chi connectivity index (χ4n) is 1.07. The number of phenolic OH excluding ortho intramolecular Hbond substituents is 1. The Morgan fingerprint density at radius 2 is 1.41 bits per heavy atom. The van der Waals surface area contributed by atoms with Gasteiger partial charge in [0.15, 0.2) is 33.5 Å². The van der Waals surface area contributed by atoms with E-state index in [2.05, 4.69) is 64.0 Å². The van der Waals surface area contributed by atoms with Crippen LogP contribution in [0.15, 0.2) is 13.4 Å². The minimum absolute atomic E-state index is 0.0452. The van der Waals surface area contributed by atoms with Crippen LogP contribution in [0.25, 0.3) is 0 Å². The van der Waals surface area contributed by atoms with Crippen molar-refractivity contribution in [3.8, 4) is 17.2 Å². The summed E-state index contributed by atoms with van der Waals surface area (Å²) in [5, 5.41) is 9.95. The number of rotatable bonds is 2. The Labute approximate surface area is 134 Å². The van der Waals surface area contributed by atoms with Gasteiger partial charge in [0, 0.05) is 0 Å². The van der Waals surface area contributed by atoms with E-state index in [-0.39, 0.29) is 17.1 Å². The van der Waals surface area contributed by atoms with E-state index < -0.39 is 0 Å². The van der Waals surface area contributed by atoms with Gasteiger partial charge in [0.25, 0.3) is 0 Å². The molecule has 7 heteroatoms. The first kappa shape index (κ1) is 15.6. The third kappa shape index (κ3) is 3.52. The predicted octanol–water partition coefficient (Wildman–Crippen LogP) is 5.55. The van der Waals surface area contributed by atoms with Gasteiger partial charge in [0.1, 0.15) is 10.1 Å². The fourth-order valence-corrected chi connectivity index (χ4v) is 3.24. The van der Waals surface area contributed by atoms with Gasteiger partial charge in [-0.25, -0.2) is 0 Å². The van der Waals surface area contributed by atoms with Crippen molar-refractivity contribution in [2.24, 2.45) is 0 Å². The number of hydrogen-bond acceptors (Lipinski definition) is 3. The smallest absolute Gasteiger partial charge is 0.194 e. The van der Waals surface area contributed by atoms with E-state index >= 15 is 0 Å². The second-order valence-corrected chi connectivity index (χ2v) is 6.94. The maximum absolute atomic E-state index is 9.95. The quantitative estimate of drug-likeness (QED) is 0.545. The Morgan fingerprint density at radius 1 is 0.941 bits per heavy atom. The van der Waals surface area contributed by atoms with Gasteiger partial charge >= 0.3 is 0 Å². The zero-order valence-corrected chi connectivity index (χ0v) is 15.6. The Balaban J connectivity index is 3.43. The van der Waals surface area contributed by atoms with Gasteiger partial charge in [-0.15, -0.1) is 0 Å². The van der Waals surface area contributed by atoms with Gasteiger partial charge in [0.2, 0.25) is 0 Å². The number of aromatic hydroxyl groups is 1. The minimum Gasteiger partial charge on any atom is -0.503 e. The topological polar surface area (TPSA) is 38.7 Å². The van der Waals surface area contributed by atoms with Crippen molar-refractivity contribution < 1.29 is 13.7 Å². The first-order valence-electron chi connectivity index (χ1n) is 4.56. The molecule has 0 bridgehead atoms. The van der Waals surface area contributed by atoms with Crippen LogP contribution in [-0.4, -0.2) is 10.7 Å². The van der Waals surface area contributed by atoms with Crippen molar-refractivity contribution in [3.05, 3.63) is 13.4 Å². The Bertz CT molecular complexity index is 411. The maximum atomic E-state index is 9.95. The molecule has 1 aromatic carbocycles. The largest absolute Gasteiger partial charge is 0.503 e. The van der Waals surface area contributed by atoms with Crippen molar-refractivity contribution in [1.82, 2.24) is 0 Å². The van der Waals surface area contributed by atoms with Gasteiger partial charge < -0.3 is 13.7 Å². The molecule has 0 amide bonds. The first-order valence-corrected chi connectivity index (χ1v) is 7.58. The van der Waals surface area contributed by atoms with E-state index in [1.54, 1.807) is 0 Å². The van der Waals surface area contributed by atoms with Crippen molar-refractivity contribution in [2.75, 3.05) is 0 Å². The van der Waals surface area contributed by atoms with Crippen LogP contribution in [0.3, 0.4) is 0 Å². The van der Waals surface area contributed by atoms with Crippen LogP contribution in [-0.2, 0) is 0 Å². The normalized spacial score (nSPS) is 11.5. The highest BCUT2D eigenvalue weighted by atomic mass is 79.9. The lowest BCUT2D eigenvalue weighted by Crippen LogP contribution is -2.23. The third-order valence-electron chi connectivity index (χ3n) is 1.70. The summed E-state index contributed by atoms with van der Waals surface area (Å²) in [5.74, 6) is 0.733. The molecular weight excluding hydrogens is 488 g/mol. The molecule has 0 aliphatic rings. The monoisotopic (exact) mass is 494 g/mol. The molecule has 0 fully saturated rings. The van der Waals surface area contributed by atoms with Crippen LogP contribution in [0.4, 0.5) is 0 Å². The summed E-state index contributed by atoms with van der Waals surface area (Å²) in [4.78, 5) is 0. The zero-order chi connectivity index (χ0) is 13.4. The molecule has 3 nitrogen and oxygen atoms in total. The lowest BCUT2D eigenvalue weighted by molar-refractivity contribution is 0.128. The molecule has 96 valence electrons. The summed E-state index contributed by atoms with van der Waals surface area (Å²) in [7, 11) is 0. The third-order valence-corrected chi connectivity index (χ3v) is 4.80. The molecule has 0 spiro atoms. The molecule has 0 atom stereocenters. The van der Waals surface area contributed by atoms with E-state index in [1.165, 1.54) is 0 Å². The van der Waals surface area contributed by atoms with Crippen molar-refractivity contribution in [3.63, 3.8) is 0 Å². The minimum atomic E-state index is -0.381. The number of phenols is 1. The predicted molar refractivity (Wildman–Crippen MR) is 81.1 cm³/mol. The van der Waals surface area contributed by atoms with E-state index in [0.29, 0.717) is 19.2 Å². The molecular formula is C10H10Br4O3. The number of halogens is 4. The molecule has 0 heterocycles. The molecule has 1 rings (SSSR count). The first-order chi connectivity index (χ1) is 7.69. The highest BCUT2D eigenvalue weighted by Gasteiger charge is 2.25. The highest BCUT2D eigenvalue weighted by molar-refractivity contribution is 9.13. The molecule has 1 aromatic rings. The molecule has 0 saturated heterocycles. The summed E-state index contributed by atoms with van der Waals surface area (Å²) >= 11 is 12.8. The second-order valence-electron chi connectivity index (χ2n) is 4.24. The standard InChI is InChI=1S/C10H10Br4O3/c1-10(2,3)16-8-4(11)5(12)9(17-14)7(15)6(8)13/h15H,1-3H3. The molecule has 17 heavy (non-hydrogen) atoms. The zero-order valence-electron chi connectivity index (χ0n) is 9.28. The molecule has 0 aliphatic heterocycles. The van der Waals surface area contributed by atoms with Gasteiger partial charge in [-0.3, -0.25) is 0 Å². The van der Waals surface area contributed by atoms with Crippen LogP contribution in [0.1, 0.15) is 20.8 Å². The summed E-state index contributed by atoms with van der Waals surface area (Å²) in [6, 6.07) is 0. The molecule has 0 saturated carbocycles. The van der Waals surface area contributed by atoms with Gasteiger partial charge in [0.05, 0.1) is 8.95 Å². The van der Waals surface area contributed by atoms with Gasteiger partial charge in [-0.1, -0.05) is 0 Å². The van der Waals surface area contributed by atoms with E-state index in [4.69, 9.17) is 8.57 Å². The van der Waals surface area contributed by atoms with Crippen LogP contribution >= 0.6 is 64.0 Å². The van der Waals surface area contributed by atoms with E-state index in [0.717, 1.165) is 0 Å². The molecule has 0 aromatic heterocycles. The second kappa shape index (κ2) is 5.67. The number of benzene rings is 1. The van der Waals surface area contributed by atoms with Crippen LogP contribution < -0.4 is 8.57 Å². The number of ether oxygens (including phenoxy) is 1. The molecule has 0 radical (unpaired) electrons. The average molecular weight is 498 g/mol. The molecule has 0 unspecified atom stereocenters. The Morgan fingerprint density at radius 3 is 1.82 bits per heavy atom. The summed E-state index contributed by atoms with van der Waals surface area (Å²) < 4.78 is 12.3. The van der Waals surface area contributed by atoms with Crippen LogP contribution in [0, 0.1) is 0 Å². The van der Waals surface area contributed by atoms with Gasteiger partial charge in [-0.05, 0) is 68.6 Å². The lowest BCUT2D eigenvalue weighted by atomic mass is 10.2. The van der Waals surface area contributed by atoms with Crippen molar-refractivity contribution in [2.45, 2.75) is 26.4 Å². The lowest BCUT2D eigenvalue weighted by Gasteiger charge is -2.24. The van der Waals surface area contributed by atoms with E-state index in [9.17, 15) is 5.11 Å². The Kier molecular flexibility index (Phi) is 5.20. The van der Waals surface area contributed by atoms with E-state index in [1.807, 2.05) is 20.8 Å². The molecule has 1 N–H and O–H groups in total. The summed E-state index contributed by atoms with van der Waals surface area (Å²) in [6.45, 7) is 5.77. The van der Waals surface area contributed by atoms with Crippen LogP contribution in [0.2, 0.25) is 0 Å².